The zero-order valence-corrected chi connectivity index (χ0v) is 23.6. The van der Waals surface area contributed by atoms with E-state index in [9.17, 15) is 14.4 Å². The lowest BCUT2D eigenvalue weighted by atomic mass is 9.96. The van der Waals surface area contributed by atoms with Crippen LogP contribution >= 0.6 is 0 Å². The van der Waals surface area contributed by atoms with E-state index in [1.807, 2.05) is 50.2 Å². The first-order chi connectivity index (χ1) is 19.3. The van der Waals surface area contributed by atoms with E-state index in [1.165, 1.54) is 12.0 Å². The van der Waals surface area contributed by atoms with Crippen LogP contribution in [-0.4, -0.2) is 41.5 Å². The molecule has 0 spiro atoms. The van der Waals surface area contributed by atoms with E-state index in [1.54, 1.807) is 0 Å². The Labute approximate surface area is 233 Å². The molecule has 2 aromatic carbocycles. The standard InChI is InChI=1S/C32H36N2O6/c1-5-6-7-8-11-22-19(2)21-14-15-28(20(3)30(21)40-31(22)36)39-18-29(35)34-17-26-24(16-27(34)32(37)38-4)23-12-9-10-13-25(23)33-26/h9-10,12-15,27,33H,5-8,11,16-18H2,1-4H3. The molecule has 0 saturated carbocycles. The fraction of sp³-hybridized carbons (Fsp3) is 0.406. The Hall–Kier alpha value is -4.07. The molecule has 210 valence electrons. The van der Waals surface area contributed by atoms with Crippen molar-refractivity contribution in [3.63, 3.8) is 0 Å². The average molecular weight is 545 g/mol. The predicted octanol–water partition coefficient (Wildman–Crippen LogP) is 5.52. The van der Waals surface area contributed by atoms with Gasteiger partial charge in [0, 0.05) is 39.5 Å². The number of hydrogen-bond acceptors (Lipinski definition) is 6. The van der Waals surface area contributed by atoms with Crippen LogP contribution in [0.1, 0.15) is 60.6 Å². The number of hydrogen-bond donors (Lipinski definition) is 1. The zero-order chi connectivity index (χ0) is 28.4. The molecule has 4 aromatic rings. The highest BCUT2D eigenvalue weighted by molar-refractivity contribution is 5.90. The molecule has 1 unspecified atom stereocenters. The van der Waals surface area contributed by atoms with Crippen molar-refractivity contribution in [1.82, 2.24) is 9.88 Å². The number of ether oxygens (including phenoxy) is 2. The van der Waals surface area contributed by atoms with E-state index < -0.39 is 12.0 Å². The summed E-state index contributed by atoms with van der Waals surface area (Å²) < 4.78 is 16.8. The number of aromatic amines is 1. The van der Waals surface area contributed by atoms with Crippen molar-refractivity contribution in [2.45, 2.75) is 71.9 Å². The van der Waals surface area contributed by atoms with Crippen LogP contribution in [0.5, 0.6) is 5.75 Å². The molecule has 0 fully saturated rings. The number of unbranched alkanes of at least 4 members (excludes halogenated alkanes) is 3. The largest absolute Gasteiger partial charge is 0.483 e. The first-order valence-corrected chi connectivity index (χ1v) is 14.0. The first-order valence-electron chi connectivity index (χ1n) is 14.0. The highest BCUT2D eigenvalue weighted by atomic mass is 16.5. The normalized spacial score (nSPS) is 14.9. The third-order valence-electron chi connectivity index (χ3n) is 8.08. The number of nitrogens with zero attached hydrogens (tertiary/aromatic N) is 1. The zero-order valence-electron chi connectivity index (χ0n) is 23.6. The summed E-state index contributed by atoms with van der Waals surface area (Å²) in [4.78, 5) is 43.8. The summed E-state index contributed by atoms with van der Waals surface area (Å²) in [6.07, 6.45) is 5.39. The van der Waals surface area contributed by atoms with Crippen molar-refractivity contribution in [3.8, 4) is 5.75 Å². The fourth-order valence-corrected chi connectivity index (χ4v) is 5.78. The van der Waals surface area contributed by atoms with Gasteiger partial charge >= 0.3 is 11.6 Å². The van der Waals surface area contributed by atoms with Gasteiger partial charge in [-0.05, 0) is 56.0 Å². The summed E-state index contributed by atoms with van der Waals surface area (Å²) in [6.45, 7) is 5.92. The smallest absolute Gasteiger partial charge is 0.339 e. The molecule has 8 nitrogen and oxygen atoms in total. The molecule has 0 saturated heterocycles. The number of carbonyl (C=O) groups is 2. The highest BCUT2D eigenvalue weighted by Gasteiger charge is 2.37. The monoisotopic (exact) mass is 544 g/mol. The molecule has 3 heterocycles. The second-order valence-electron chi connectivity index (χ2n) is 10.6. The van der Waals surface area contributed by atoms with E-state index in [4.69, 9.17) is 13.9 Å². The number of esters is 1. The van der Waals surface area contributed by atoms with Gasteiger partial charge in [-0.25, -0.2) is 9.59 Å². The van der Waals surface area contributed by atoms with Crippen molar-refractivity contribution < 1.29 is 23.5 Å². The van der Waals surface area contributed by atoms with Crippen LogP contribution in [-0.2, 0) is 33.7 Å². The van der Waals surface area contributed by atoms with E-state index >= 15 is 0 Å². The minimum atomic E-state index is -0.748. The lowest BCUT2D eigenvalue weighted by Gasteiger charge is -2.33. The van der Waals surface area contributed by atoms with E-state index in [0.29, 0.717) is 29.7 Å². The molecule has 2 aromatic heterocycles. The molecule has 1 N–H and O–H groups in total. The molecule has 1 atom stereocenters. The minimum Gasteiger partial charge on any atom is -0.483 e. The predicted molar refractivity (Wildman–Crippen MR) is 154 cm³/mol. The summed E-state index contributed by atoms with van der Waals surface area (Å²) in [7, 11) is 1.33. The van der Waals surface area contributed by atoms with Crippen LogP contribution in [0.4, 0.5) is 0 Å². The van der Waals surface area contributed by atoms with Gasteiger partial charge in [-0.1, -0.05) is 44.4 Å². The molecule has 0 aliphatic carbocycles. The summed E-state index contributed by atoms with van der Waals surface area (Å²) in [5.74, 6) is -0.342. The number of aromatic nitrogens is 1. The third kappa shape index (κ3) is 5.10. The lowest BCUT2D eigenvalue weighted by Crippen LogP contribution is -2.50. The van der Waals surface area contributed by atoms with Gasteiger partial charge < -0.3 is 23.8 Å². The van der Waals surface area contributed by atoms with Crippen LogP contribution in [0, 0.1) is 13.8 Å². The molecule has 1 amide bonds. The second kappa shape index (κ2) is 11.6. The first kappa shape index (κ1) is 27.5. The number of nitrogens with one attached hydrogen (secondary N) is 1. The number of para-hydroxylation sites is 1. The van der Waals surface area contributed by atoms with Crippen LogP contribution < -0.4 is 10.4 Å². The summed E-state index contributed by atoms with van der Waals surface area (Å²) in [5, 5.41) is 1.91. The molecule has 0 bridgehead atoms. The van der Waals surface area contributed by atoms with Crippen LogP contribution in [0.15, 0.2) is 45.6 Å². The van der Waals surface area contributed by atoms with Crippen molar-refractivity contribution in [2.24, 2.45) is 0 Å². The Kier molecular flexibility index (Phi) is 7.96. The number of rotatable bonds is 9. The quantitative estimate of drug-likeness (QED) is 0.169. The number of carbonyl (C=O) groups excluding carboxylic acids is 2. The number of fused-ring (bicyclic) bond motifs is 4. The van der Waals surface area contributed by atoms with Gasteiger partial charge in [-0.3, -0.25) is 4.79 Å². The maximum absolute atomic E-state index is 13.4. The van der Waals surface area contributed by atoms with Gasteiger partial charge in [0.25, 0.3) is 5.91 Å². The van der Waals surface area contributed by atoms with Gasteiger partial charge in [0.15, 0.2) is 6.61 Å². The van der Waals surface area contributed by atoms with Crippen molar-refractivity contribution in [2.75, 3.05) is 13.7 Å². The molecule has 8 heteroatoms. The Morgan fingerprint density at radius 2 is 1.85 bits per heavy atom. The number of methoxy groups -OCH3 is 1. The van der Waals surface area contributed by atoms with Gasteiger partial charge in [0.05, 0.1) is 13.7 Å². The second-order valence-corrected chi connectivity index (χ2v) is 10.6. The topological polar surface area (TPSA) is 102 Å². The van der Waals surface area contributed by atoms with Crippen LogP contribution in [0.3, 0.4) is 0 Å². The molecule has 0 radical (unpaired) electrons. The molecule has 1 aliphatic heterocycles. The van der Waals surface area contributed by atoms with E-state index in [-0.39, 0.29) is 24.7 Å². The highest BCUT2D eigenvalue weighted by Crippen LogP contribution is 2.32. The van der Waals surface area contributed by atoms with Gasteiger partial charge in [0.2, 0.25) is 0 Å². The van der Waals surface area contributed by atoms with Crippen LogP contribution in [0.25, 0.3) is 21.9 Å². The molecule has 40 heavy (non-hydrogen) atoms. The lowest BCUT2D eigenvalue weighted by molar-refractivity contribution is -0.154. The van der Waals surface area contributed by atoms with Crippen molar-refractivity contribution >= 4 is 33.7 Å². The summed E-state index contributed by atoms with van der Waals surface area (Å²) in [5.41, 5.74) is 5.35. The molecular weight excluding hydrogens is 508 g/mol. The molecule has 5 rings (SSSR count). The Balaban J connectivity index is 1.36. The number of H-pyrrole nitrogens is 1. The maximum Gasteiger partial charge on any atom is 0.339 e. The molecule has 1 aliphatic rings. The van der Waals surface area contributed by atoms with Gasteiger partial charge in [0.1, 0.15) is 17.4 Å². The maximum atomic E-state index is 13.4. The summed E-state index contributed by atoms with van der Waals surface area (Å²) >= 11 is 0. The minimum absolute atomic E-state index is 0.248. The number of aryl methyl sites for hydroxylation is 2. The summed E-state index contributed by atoms with van der Waals surface area (Å²) in [6, 6.07) is 10.8. The van der Waals surface area contributed by atoms with Gasteiger partial charge in [-0.2, -0.15) is 0 Å². The Morgan fingerprint density at radius 3 is 2.62 bits per heavy atom. The Morgan fingerprint density at radius 1 is 1.05 bits per heavy atom. The average Bonchev–Trinajstić information content (AvgIpc) is 3.33. The third-order valence-corrected chi connectivity index (χ3v) is 8.08. The number of amides is 1. The van der Waals surface area contributed by atoms with Crippen molar-refractivity contribution in [1.29, 1.82) is 0 Å². The Bertz CT molecular complexity index is 1630. The van der Waals surface area contributed by atoms with E-state index in [2.05, 4.69) is 11.9 Å². The molecular formula is C32H36N2O6. The van der Waals surface area contributed by atoms with Crippen LogP contribution in [0.2, 0.25) is 0 Å². The van der Waals surface area contributed by atoms with E-state index in [0.717, 1.165) is 64.4 Å². The number of benzene rings is 2. The fourth-order valence-electron chi connectivity index (χ4n) is 5.78. The SMILES string of the molecule is CCCCCCc1c(C)c2ccc(OCC(=O)N3Cc4[nH]c5ccccc5c4CC3C(=O)OC)c(C)c2oc1=O. The van der Waals surface area contributed by atoms with Gasteiger partial charge in [-0.15, -0.1) is 0 Å². The van der Waals surface area contributed by atoms with Crippen molar-refractivity contribution in [3.05, 3.63) is 74.8 Å².